The Hall–Kier alpha value is -0.450. The number of benzene rings is 1. The Morgan fingerprint density at radius 1 is 1.44 bits per heavy atom. The van der Waals surface area contributed by atoms with Crippen LogP contribution in [0.1, 0.15) is 18.9 Å². The van der Waals surface area contributed by atoms with E-state index in [2.05, 4.69) is 15.9 Å². The fourth-order valence-electron chi connectivity index (χ4n) is 1.60. The first-order chi connectivity index (χ1) is 7.43. The number of methoxy groups -OCH3 is 1. The molecule has 0 radical (unpaired) electrons. The highest BCUT2D eigenvalue weighted by Gasteiger charge is 2.19. The average molecular weight is 290 g/mol. The normalized spacial score (nSPS) is 14.8. The molecular weight excluding hydrogens is 273 g/mol. The van der Waals surface area contributed by atoms with Gasteiger partial charge >= 0.3 is 0 Å². The molecule has 1 unspecified atom stereocenters. The number of hydrogen-bond acceptors (Lipinski definition) is 2. The van der Waals surface area contributed by atoms with Gasteiger partial charge < -0.3 is 10.5 Å². The van der Waals surface area contributed by atoms with Crippen LogP contribution in [0, 0.1) is 5.82 Å². The van der Waals surface area contributed by atoms with E-state index < -0.39 is 0 Å². The Balaban J connectivity index is 2.71. The second kappa shape index (κ2) is 5.75. The minimum absolute atomic E-state index is 0.244. The fraction of sp³-hybridized carbons (Fsp3) is 0.500. The Morgan fingerprint density at radius 3 is 2.69 bits per heavy atom. The Morgan fingerprint density at radius 2 is 2.12 bits per heavy atom. The predicted molar refractivity (Wildman–Crippen MR) is 66.9 cm³/mol. The first-order valence-corrected chi connectivity index (χ1v) is 5.95. The topological polar surface area (TPSA) is 35.2 Å². The summed E-state index contributed by atoms with van der Waals surface area (Å²) >= 11 is 3.27. The van der Waals surface area contributed by atoms with E-state index >= 15 is 0 Å². The van der Waals surface area contributed by atoms with Crippen molar-refractivity contribution in [3.8, 4) is 0 Å². The summed E-state index contributed by atoms with van der Waals surface area (Å²) in [6.07, 6.45) is 1.38. The van der Waals surface area contributed by atoms with Crippen LogP contribution in [0.5, 0.6) is 0 Å². The van der Waals surface area contributed by atoms with E-state index in [4.69, 9.17) is 10.5 Å². The Labute approximate surface area is 104 Å². The summed E-state index contributed by atoms with van der Waals surface area (Å²) in [6.45, 7) is 2.56. The Kier molecular flexibility index (Phi) is 4.89. The molecule has 0 spiro atoms. The molecule has 0 heterocycles. The van der Waals surface area contributed by atoms with Crippen LogP contribution in [0.2, 0.25) is 0 Å². The quantitative estimate of drug-likeness (QED) is 0.905. The minimum Gasteiger partial charge on any atom is -0.385 e. The van der Waals surface area contributed by atoms with Crippen molar-refractivity contribution >= 4 is 15.9 Å². The van der Waals surface area contributed by atoms with Gasteiger partial charge in [0.15, 0.2) is 0 Å². The molecule has 2 N–H and O–H groups in total. The maximum atomic E-state index is 13.2. The number of nitrogens with two attached hydrogens (primary N) is 1. The summed E-state index contributed by atoms with van der Waals surface area (Å²) < 4.78 is 18.9. The minimum atomic E-state index is -0.372. The van der Waals surface area contributed by atoms with Crippen molar-refractivity contribution in [3.05, 3.63) is 34.1 Å². The monoisotopic (exact) mass is 289 g/mol. The molecule has 1 aromatic rings. The Bertz CT molecular complexity index is 335. The number of ether oxygens (including phenoxy) is 1. The first-order valence-electron chi connectivity index (χ1n) is 5.16. The molecule has 0 aliphatic heterocycles. The third kappa shape index (κ3) is 4.60. The molecule has 0 aliphatic carbocycles. The third-order valence-corrected chi connectivity index (χ3v) is 2.87. The van der Waals surface area contributed by atoms with Gasteiger partial charge in [0.25, 0.3) is 0 Å². The van der Waals surface area contributed by atoms with Gasteiger partial charge in [-0.3, -0.25) is 0 Å². The number of rotatable bonds is 5. The van der Waals surface area contributed by atoms with Crippen molar-refractivity contribution in [1.82, 2.24) is 0 Å². The average Bonchev–Trinajstić information content (AvgIpc) is 2.12. The van der Waals surface area contributed by atoms with Gasteiger partial charge in [-0.05, 0) is 43.5 Å². The van der Waals surface area contributed by atoms with Gasteiger partial charge in [-0.15, -0.1) is 0 Å². The molecule has 0 saturated carbocycles. The summed E-state index contributed by atoms with van der Waals surface area (Å²) in [5.74, 6) is -0.244. The van der Waals surface area contributed by atoms with Crippen molar-refractivity contribution in [3.63, 3.8) is 0 Å². The summed E-state index contributed by atoms with van der Waals surface area (Å²) in [7, 11) is 1.65. The fourth-order valence-corrected chi connectivity index (χ4v) is 2.12. The van der Waals surface area contributed by atoms with Gasteiger partial charge in [0.05, 0.1) is 0 Å². The molecule has 1 aromatic carbocycles. The van der Waals surface area contributed by atoms with Crippen LogP contribution >= 0.6 is 15.9 Å². The van der Waals surface area contributed by atoms with E-state index in [0.29, 0.717) is 13.0 Å². The molecule has 0 amide bonds. The van der Waals surface area contributed by atoms with Crippen LogP contribution < -0.4 is 5.73 Å². The highest BCUT2D eigenvalue weighted by molar-refractivity contribution is 9.10. The summed E-state index contributed by atoms with van der Waals surface area (Å²) in [5.41, 5.74) is 6.64. The van der Waals surface area contributed by atoms with Crippen LogP contribution in [0.4, 0.5) is 4.39 Å². The van der Waals surface area contributed by atoms with E-state index in [9.17, 15) is 4.39 Å². The zero-order valence-electron chi connectivity index (χ0n) is 9.59. The van der Waals surface area contributed by atoms with Crippen LogP contribution in [0.25, 0.3) is 0 Å². The lowest BCUT2D eigenvalue weighted by molar-refractivity contribution is 0.171. The van der Waals surface area contributed by atoms with Crippen molar-refractivity contribution in [1.29, 1.82) is 0 Å². The van der Waals surface area contributed by atoms with E-state index in [-0.39, 0.29) is 11.4 Å². The summed E-state index contributed by atoms with van der Waals surface area (Å²) in [4.78, 5) is 0. The number of halogens is 2. The van der Waals surface area contributed by atoms with E-state index in [1.165, 1.54) is 12.1 Å². The molecule has 4 heteroatoms. The molecule has 0 aromatic heterocycles. The molecule has 1 atom stereocenters. The molecular formula is C12H17BrFNO. The SMILES string of the molecule is COCCC(C)(N)Cc1cc(F)cc(Br)c1. The van der Waals surface area contributed by atoms with Crippen molar-refractivity contribution in [2.45, 2.75) is 25.3 Å². The predicted octanol–water partition coefficient (Wildman–Crippen LogP) is 2.88. The van der Waals surface area contributed by atoms with E-state index in [1.807, 2.05) is 13.0 Å². The van der Waals surface area contributed by atoms with Crippen LogP contribution in [-0.4, -0.2) is 19.3 Å². The lowest BCUT2D eigenvalue weighted by Crippen LogP contribution is -2.39. The molecule has 0 aliphatic rings. The van der Waals surface area contributed by atoms with Gasteiger partial charge in [-0.1, -0.05) is 15.9 Å². The van der Waals surface area contributed by atoms with Crippen molar-refractivity contribution < 1.29 is 9.13 Å². The van der Waals surface area contributed by atoms with Crippen molar-refractivity contribution in [2.75, 3.05) is 13.7 Å². The zero-order valence-corrected chi connectivity index (χ0v) is 11.2. The lowest BCUT2D eigenvalue weighted by atomic mass is 9.91. The third-order valence-electron chi connectivity index (χ3n) is 2.41. The molecule has 16 heavy (non-hydrogen) atoms. The first kappa shape index (κ1) is 13.6. The molecule has 2 nitrogen and oxygen atoms in total. The van der Waals surface area contributed by atoms with Gasteiger partial charge in [0.1, 0.15) is 5.82 Å². The van der Waals surface area contributed by atoms with Gasteiger partial charge in [-0.25, -0.2) is 4.39 Å². The highest BCUT2D eigenvalue weighted by Crippen LogP contribution is 2.20. The molecule has 1 rings (SSSR count). The maximum absolute atomic E-state index is 13.2. The molecule has 0 bridgehead atoms. The summed E-state index contributed by atoms with van der Waals surface area (Å²) in [5, 5.41) is 0. The van der Waals surface area contributed by atoms with E-state index in [1.54, 1.807) is 7.11 Å². The smallest absolute Gasteiger partial charge is 0.124 e. The number of hydrogen-bond donors (Lipinski definition) is 1. The summed E-state index contributed by atoms with van der Waals surface area (Å²) in [6, 6.07) is 4.84. The maximum Gasteiger partial charge on any atom is 0.124 e. The van der Waals surface area contributed by atoms with Crippen LogP contribution in [0.15, 0.2) is 22.7 Å². The van der Waals surface area contributed by atoms with Crippen LogP contribution in [0.3, 0.4) is 0 Å². The lowest BCUT2D eigenvalue weighted by Gasteiger charge is -2.24. The molecule has 0 saturated heterocycles. The standard InChI is InChI=1S/C12H17BrFNO/c1-12(15,3-4-16-2)8-9-5-10(13)7-11(14)6-9/h5-7H,3-4,8,15H2,1-2H3. The molecule has 90 valence electrons. The van der Waals surface area contributed by atoms with Crippen LogP contribution in [-0.2, 0) is 11.2 Å². The zero-order chi connectivity index (χ0) is 12.2. The second-order valence-corrected chi connectivity index (χ2v) is 5.27. The van der Waals surface area contributed by atoms with E-state index in [0.717, 1.165) is 16.5 Å². The van der Waals surface area contributed by atoms with Gasteiger partial charge in [0.2, 0.25) is 0 Å². The second-order valence-electron chi connectivity index (χ2n) is 4.35. The van der Waals surface area contributed by atoms with Crippen molar-refractivity contribution in [2.24, 2.45) is 5.73 Å². The molecule has 0 fully saturated rings. The van der Waals surface area contributed by atoms with Gasteiger partial charge in [0, 0.05) is 23.7 Å². The van der Waals surface area contributed by atoms with Gasteiger partial charge in [-0.2, -0.15) is 0 Å². The highest BCUT2D eigenvalue weighted by atomic mass is 79.9. The largest absolute Gasteiger partial charge is 0.385 e.